The Morgan fingerprint density at radius 3 is 2.67 bits per heavy atom. The van der Waals surface area contributed by atoms with Crippen molar-refractivity contribution < 1.29 is 4.79 Å². The summed E-state index contributed by atoms with van der Waals surface area (Å²) in [5.74, 6) is 0.0482. The Hall–Kier alpha value is -2.35. The van der Waals surface area contributed by atoms with Gasteiger partial charge in [-0.2, -0.15) is 15.1 Å². The molecule has 3 aliphatic rings. The van der Waals surface area contributed by atoms with Gasteiger partial charge in [-0.1, -0.05) is 42.5 Å². The van der Waals surface area contributed by atoms with E-state index in [9.17, 15) is 4.79 Å². The van der Waals surface area contributed by atoms with Crippen molar-refractivity contribution in [3.63, 3.8) is 0 Å². The minimum Gasteiger partial charge on any atom is -0.316 e. The summed E-state index contributed by atoms with van der Waals surface area (Å²) >= 11 is 14.1. The van der Waals surface area contributed by atoms with Gasteiger partial charge < -0.3 is 4.57 Å². The van der Waals surface area contributed by atoms with Crippen molar-refractivity contribution in [2.24, 2.45) is 16.0 Å². The molecular weight excluding hydrogens is 477 g/mol. The average Bonchev–Trinajstić information content (AvgIpc) is 3.34. The van der Waals surface area contributed by atoms with Crippen molar-refractivity contribution >= 4 is 63.0 Å². The third-order valence-corrected chi connectivity index (χ3v) is 7.97. The minimum atomic E-state index is -0.413. The van der Waals surface area contributed by atoms with E-state index in [1.807, 2.05) is 30.5 Å². The third kappa shape index (κ3) is 4.07. The number of aliphatic imine (C=N–C) groups is 1. The van der Waals surface area contributed by atoms with Crippen LogP contribution >= 0.6 is 35.0 Å². The zero-order valence-electron chi connectivity index (χ0n) is 18.4. The molecule has 0 atom stereocenters. The summed E-state index contributed by atoms with van der Waals surface area (Å²) in [6.45, 7) is 3.92. The number of amides is 1. The Kier molecular flexibility index (Phi) is 5.97. The molecule has 1 aromatic carbocycles. The number of halogens is 2. The van der Waals surface area contributed by atoms with Gasteiger partial charge in [-0.05, 0) is 74.4 Å². The Labute approximate surface area is 206 Å². The summed E-state index contributed by atoms with van der Waals surface area (Å²) in [5, 5.41) is 17.5. The number of aryl methyl sites for hydroxylation is 1. The first kappa shape index (κ1) is 22.4. The SMILES string of the molecule is Cc1cc(C=C2C(=N)N3N=C(C4CCCCC4)SC3=NC2=O)c(C)n1-c1cc(Cl)ccc1Cl. The first-order valence-electron chi connectivity index (χ1n) is 11.0. The number of rotatable bonds is 3. The Bertz CT molecular complexity index is 1270. The van der Waals surface area contributed by atoms with Crippen LogP contribution in [0.2, 0.25) is 10.0 Å². The molecule has 3 heterocycles. The number of aromatic nitrogens is 1. The van der Waals surface area contributed by atoms with Crippen molar-refractivity contribution in [1.82, 2.24) is 9.58 Å². The lowest BCUT2D eigenvalue weighted by Crippen LogP contribution is -2.35. The number of carbonyl (C=O) groups is 1. The van der Waals surface area contributed by atoms with Crippen LogP contribution in [0.3, 0.4) is 0 Å². The van der Waals surface area contributed by atoms with Gasteiger partial charge in [-0.25, -0.2) is 0 Å². The molecule has 0 saturated heterocycles. The second-order valence-electron chi connectivity index (χ2n) is 8.55. The van der Waals surface area contributed by atoms with Crippen molar-refractivity contribution in [2.75, 3.05) is 0 Å². The number of thioether (sulfide) groups is 1. The van der Waals surface area contributed by atoms with E-state index in [1.54, 1.807) is 18.2 Å². The number of nitrogens with zero attached hydrogens (tertiary/aromatic N) is 4. The Morgan fingerprint density at radius 1 is 1.15 bits per heavy atom. The van der Waals surface area contributed by atoms with E-state index in [1.165, 1.54) is 36.0 Å². The molecule has 0 radical (unpaired) electrons. The maximum Gasteiger partial charge on any atom is 0.283 e. The van der Waals surface area contributed by atoms with Gasteiger partial charge in [0.25, 0.3) is 5.91 Å². The first-order chi connectivity index (χ1) is 15.8. The van der Waals surface area contributed by atoms with E-state index in [2.05, 4.69) is 10.1 Å². The molecule has 0 bridgehead atoms. The first-order valence-corrected chi connectivity index (χ1v) is 12.5. The van der Waals surface area contributed by atoms with Crippen molar-refractivity contribution in [1.29, 1.82) is 5.41 Å². The van der Waals surface area contributed by atoms with Gasteiger partial charge in [0.1, 0.15) is 5.04 Å². The highest BCUT2D eigenvalue weighted by Gasteiger charge is 2.38. The Balaban J connectivity index is 1.49. The fourth-order valence-corrected chi connectivity index (χ4v) is 6.07. The lowest BCUT2D eigenvalue weighted by atomic mass is 9.90. The van der Waals surface area contributed by atoms with Gasteiger partial charge in [-0.15, -0.1) is 0 Å². The molecule has 1 saturated carbocycles. The van der Waals surface area contributed by atoms with E-state index in [0.29, 0.717) is 21.1 Å². The number of benzene rings is 1. The van der Waals surface area contributed by atoms with Crippen LogP contribution in [0.15, 0.2) is 39.9 Å². The molecule has 1 fully saturated rings. The maximum atomic E-state index is 12.9. The van der Waals surface area contributed by atoms with E-state index < -0.39 is 5.91 Å². The number of hydrazone groups is 1. The normalized spacial score (nSPS) is 20.4. The summed E-state index contributed by atoms with van der Waals surface area (Å²) in [6, 6.07) is 7.29. The number of amidine groups is 2. The lowest BCUT2D eigenvalue weighted by Gasteiger charge is -2.20. The predicted octanol–water partition coefficient (Wildman–Crippen LogP) is 6.60. The van der Waals surface area contributed by atoms with Crippen LogP contribution in [-0.4, -0.2) is 31.5 Å². The monoisotopic (exact) mass is 499 g/mol. The van der Waals surface area contributed by atoms with Crippen LogP contribution in [0.1, 0.15) is 49.1 Å². The highest BCUT2D eigenvalue weighted by Crippen LogP contribution is 2.37. The van der Waals surface area contributed by atoms with Gasteiger partial charge in [0.15, 0.2) is 5.84 Å². The summed E-state index contributed by atoms with van der Waals surface area (Å²) in [6.07, 6.45) is 7.60. The van der Waals surface area contributed by atoms with Gasteiger partial charge in [0.2, 0.25) is 5.17 Å². The number of fused-ring (bicyclic) bond motifs is 1. The second-order valence-corrected chi connectivity index (χ2v) is 10.4. The van der Waals surface area contributed by atoms with Gasteiger partial charge in [0, 0.05) is 22.3 Å². The molecule has 2 aromatic rings. The molecule has 6 nitrogen and oxygen atoms in total. The average molecular weight is 500 g/mol. The summed E-state index contributed by atoms with van der Waals surface area (Å²) in [4.78, 5) is 17.1. The molecule has 2 aliphatic heterocycles. The molecule has 1 N–H and O–H groups in total. The van der Waals surface area contributed by atoms with Crippen LogP contribution in [0.5, 0.6) is 0 Å². The van der Waals surface area contributed by atoms with Crippen molar-refractivity contribution in [2.45, 2.75) is 46.0 Å². The number of hydrogen-bond acceptors (Lipinski definition) is 4. The minimum absolute atomic E-state index is 0.0638. The summed E-state index contributed by atoms with van der Waals surface area (Å²) in [5.41, 5.74) is 3.65. The molecule has 0 spiro atoms. The van der Waals surface area contributed by atoms with E-state index >= 15 is 0 Å². The summed E-state index contributed by atoms with van der Waals surface area (Å²) in [7, 11) is 0. The maximum absolute atomic E-state index is 12.9. The largest absolute Gasteiger partial charge is 0.316 e. The molecule has 1 aliphatic carbocycles. The number of nitrogens with one attached hydrogen (secondary N) is 1. The second kappa shape index (κ2) is 8.78. The molecule has 1 aromatic heterocycles. The van der Waals surface area contributed by atoms with Crippen LogP contribution in [-0.2, 0) is 4.79 Å². The van der Waals surface area contributed by atoms with Crippen LogP contribution in [0, 0.1) is 25.2 Å². The molecule has 170 valence electrons. The van der Waals surface area contributed by atoms with Gasteiger partial charge in [-0.3, -0.25) is 10.2 Å². The van der Waals surface area contributed by atoms with Crippen LogP contribution in [0.4, 0.5) is 0 Å². The molecule has 1 amide bonds. The van der Waals surface area contributed by atoms with E-state index in [-0.39, 0.29) is 11.4 Å². The smallest absolute Gasteiger partial charge is 0.283 e. The lowest BCUT2D eigenvalue weighted by molar-refractivity contribution is -0.114. The number of carbonyl (C=O) groups excluding carboxylic acids is 1. The van der Waals surface area contributed by atoms with Crippen molar-refractivity contribution in [3.05, 3.63) is 56.8 Å². The number of hydrogen-bond donors (Lipinski definition) is 1. The fourth-order valence-electron chi connectivity index (χ4n) is 4.64. The standard InChI is InChI=1S/C24H23Cl2N5OS/c1-13-10-16(14(2)30(13)20-12-17(25)8-9-19(20)26)11-18-21(27)31-24(28-22(18)32)33-23(29-31)15-6-4-3-5-7-15/h8-12,15,27H,3-7H2,1-2H3. The molecule has 5 rings (SSSR count). The zero-order valence-corrected chi connectivity index (χ0v) is 20.7. The fraction of sp³-hybridized carbons (Fsp3) is 0.333. The van der Waals surface area contributed by atoms with Crippen LogP contribution < -0.4 is 0 Å². The van der Waals surface area contributed by atoms with Crippen LogP contribution in [0.25, 0.3) is 11.8 Å². The van der Waals surface area contributed by atoms with Gasteiger partial charge in [0.05, 0.1) is 16.3 Å². The topological polar surface area (TPSA) is 73.8 Å². The molecule has 9 heteroatoms. The van der Waals surface area contributed by atoms with E-state index in [4.69, 9.17) is 28.6 Å². The van der Waals surface area contributed by atoms with Crippen molar-refractivity contribution in [3.8, 4) is 5.69 Å². The molecule has 33 heavy (non-hydrogen) atoms. The van der Waals surface area contributed by atoms with Gasteiger partial charge >= 0.3 is 0 Å². The highest BCUT2D eigenvalue weighted by atomic mass is 35.5. The van der Waals surface area contributed by atoms with E-state index in [0.717, 1.165) is 40.5 Å². The molecular formula is C24H23Cl2N5OS. The Morgan fingerprint density at radius 2 is 1.91 bits per heavy atom. The quantitative estimate of drug-likeness (QED) is 0.483. The third-order valence-electron chi connectivity index (χ3n) is 6.34. The zero-order chi connectivity index (χ0) is 23.3. The molecule has 0 unspecified atom stereocenters. The summed E-state index contributed by atoms with van der Waals surface area (Å²) < 4.78 is 2.00. The predicted molar refractivity (Wildman–Crippen MR) is 137 cm³/mol. The highest BCUT2D eigenvalue weighted by molar-refractivity contribution is 8.27.